The molecule has 18 heteroatoms. The van der Waals surface area contributed by atoms with Crippen LogP contribution >= 0.6 is 0 Å². The molecular weight excluding hydrogens is 787 g/mol. The first-order valence-electron chi connectivity index (χ1n) is 17.8. The van der Waals surface area contributed by atoms with Gasteiger partial charge in [0.25, 0.3) is 0 Å². The van der Waals surface area contributed by atoms with Crippen LogP contribution in [0.15, 0.2) is 85.7 Å². The van der Waals surface area contributed by atoms with Gasteiger partial charge in [0.2, 0.25) is 0 Å². The highest BCUT2D eigenvalue weighted by Gasteiger charge is 2.51. The van der Waals surface area contributed by atoms with Crippen LogP contribution in [0.2, 0.25) is 52.4 Å². The van der Waals surface area contributed by atoms with Crippen molar-refractivity contribution >= 4 is 70.7 Å². The van der Waals surface area contributed by atoms with Crippen molar-refractivity contribution in [2.75, 3.05) is 42.7 Å². The van der Waals surface area contributed by atoms with E-state index in [1.807, 2.05) is 0 Å². The molecule has 0 aliphatic rings. The molecule has 0 N–H and O–H groups in total. The molecule has 1 heterocycles. The molecule has 1 aromatic heterocycles. The third-order valence-electron chi connectivity index (χ3n) is 11.2. The van der Waals surface area contributed by atoms with E-state index in [4.69, 9.17) is 26.6 Å². The van der Waals surface area contributed by atoms with Crippen molar-refractivity contribution in [3.05, 3.63) is 103 Å². The van der Waals surface area contributed by atoms with Crippen molar-refractivity contribution < 1.29 is 26.6 Å². The summed E-state index contributed by atoms with van der Waals surface area (Å²) < 4.78 is 38.0. The largest absolute Gasteiger partial charge is 0.527 e. The Bertz CT molecular complexity index is 1860. The average Bonchev–Trinajstić information content (AvgIpc) is 3.16. The standard InChI is InChI=1S/C36H61N3O9Si6/c1-28(53(43-4,44-5)45-6)51(14,15)32-22-18-30(19-23-32)49(10,11)26-38-34(40)37(3)35(41)39(36(38)42)27-50(12,13)31-20-24-33(25-21-31)52(16,17)29(2)54(46-7,47-8)48-9/h18-25H,1-2,26-27H2,3-17H3. The van der Waals surface area contributed by atoms with Crippen molar-refractivity contribution in [1.29, 1.82) is 0 Å². The number of hydrogen-bond acceptors (Lipinski definition) is 9. The number of benzene rings is 2. The molecule has 0 saturated heterocycles. The van der Waals surface area contributed by atoms with Crippen LogP contribution in [-0.4, -0.2) is 106 Å². The Balaban J connectivity index is 1.97. The average molecular weight is 848 g/mol. The maximum Gasteiger partial charge on any atom is 0.527 e. The van der Waals surface area contributed by atoms with E-state index in [1.165, 1.54) is 16.2 Å². The fourth-order valence-corrected chi connectivity index (χ4v) is 25.7. The molecule has 3 rings (SSSR count). The molecule has 54 heavy (non-hydrogen) atoms. The number of rotatable bonds is 18. The summed E-state index contributed by atoms with van der Waals surface area (Å²) in [4.78, 5) is 43.0. The quantitative estimate of drug-likeness (QED) is 0.177. The van der Waals surface area contributed by atoms with E-state index in [1.54, 1.807) is 42.7 Å². The first-order chi connectivity index (χ1) is 24.9. The summed E-state index contributed by atoms with van der Waals surface area (Å²) in [5, 5.41) is 4.42. The molecule has 0 unspecified atom stereocenters. The van der Waals surface area contributed by atoms with Gasteiger partial charge in [-0.3, -0.25) is 0 Å². The molecule has 0 aliphatic carbocycles. The van der Waals surface area contributed by atoms with Crippen LogP contribution in [0.5, 0.6) is 0 Å². The molecule has 3 aromatic rings. The van der Waals surface area contributed by atoms with Crippen LogP contribution in [0.3, 0.4) is 0 Å². The van der Waals surface area contributed by atoms with Gasteiger partial charge in [-0.25, -0.2) is 28.1 Å². The molecular formula is C36H61N3O9Si6. The van der Waals surface area contributed by atoms with Crippen LogP contribution in [0.1, 0.15) is 0 Å². The van der Waals surface area contributed by atoms with Gasteiger partial charge in [0.15, 0.2) is 0 Å². The second-order valence-corrected chi connectivity index (χ2v) is 41.1. The fourth-order valence-electron chi connectivity index (χ4n) is 7.03. The predicted molar refractivity (Wildman–Crippen MR) is 233 cm³/mol. The van der Waals surface area contributed by atoms with E-state index in [0.29, 0.717) is 0 Å². The molecule has 12 nitrogen and oxygen atoms in total. The summed E-state index contributed by atoms with van der Waals surface area (Å²) in [6.45, 7) is 26.0. The smallest absolute Gasteiger partial charge is 0.374 e. The van der Waals surface area contributed by atoms with E-state index < -0.39 is 67.0 Å². The lowest BCUT2D eigenvalue weighted by molar-refractivity contribution is 0.136. The highest BCUT2D eigenvalue weighted by molar-refractivity contribution is 7.07. The minimum atomic E-state index is -3.07. The Labute approximate surface area is 326 Å². The SMILES string of the molecule is C=C([Si](OC)(OC)OC)[Si](C)(C)c1ccc([Si](C)(C)Cn2c(=O)n(C)c(=O)n(C[Si](C)(C)c3ccc([Si](C)(C)C(=C)[Si](OC)(OC)OC)cc3)c2=O)cc1. The van der Waals surface area contributed by atoms with Gasteiger partial charge in [0.05, 0.1) is 0 Å². The molecule has 0 radical (unpaired) electrons. The highest BCUT2D eigenvalue weighted by Crippen LogP contribution is 2.27. The molecule has 0 atom stereocenters. The maximum absolute atomic E-state index is 14.1. The molecule has 0 aliphatic heterocycles. The normalized spacial score (nSPS) is 13.3. The van der Waals surface area contributed by atoms with Gasteiger partial charge in [0, 0.05) is 62.0 Å². The molecule has 0 spiro atoms. The molecule has 0 fully saturated rings. The van der Waals surface area contributed by atoms with Crippen LogP contribution in [0.4, 0.5) is 0 Å². The van der Waals surface area contributed by atoms with Gasteiger partial charge < -0.3 is 26.6 Å². The third-order valence-corrected chi connectivity index (χ3v) is 34.1. The summed E-state index contributed by atoms with van der Waals surface area (Å²) in [5.41, 5.74) is -1.79. The van der Waals surface area contributed by atoms with Crippen molar-refractivity contribution in [1.82, 2.24) is 13.7 Å². The van der Waals surface area contributed by atoms with E-state index in [-0.39, 0.29) is 12.3 Å². The Morgan fingerprint density at radius 3 is 0.963 bits per heavy atom. The summed E-state index contributed by atoms with van der Waals surface area (Å²) in [5.74, 6) is 0. The third kappa shape index (κ3) is 8.39. The number of nitrogens with zero attached hydrogens (tertiary/aromatic N) is 3. The van der Waals surface area contributed by atoms with Crippen molar-refractivity contribution in [2.45, 2.75) is 64.7 Å². The summed E-state index contributed by atoms with van der Waals surface area (Å²) in [6, 6.07) is 16.8. The van der Waals surface area contributed by atoms with E-state index in [0.717, 1.165) is 35.0 Å². The van der Waals surface area contributed by atoms with E-state index in [2.05, 4.69) is 114 Å². The Morgan fingerprint density at radius 1 is 0.481 bits per heavy atom. The predicted octanol–water partition coefficient (Wildman–Crippen LogP) is 1.87. The number of hydrogen-bond donors (Lipinski definition) is 0. The lowest BCUT2D eigenvalue weighted by Crippen LogP contribution is -2.61. The van der Waals surface area contributed by atoms with Crippen LogP contribution in [0, 0.1) is 0 Å². The van der Waals surface area contributed by atoms with Crippen molar-refractivity contribution in [2.24, 2.45) is 7.05 Å². The summed E-state index contributed by atoms with van der Waals surface area (Å²) in [6.07, 6.45) is 0.433. The highest BCUT2D eigenvalue weighted by atomic mass is 28.4. The molecule has 0 saturated carbocycles. The Hall–Kier alpha value is -2.61. The van der Waals surface area contributed by atoms with Crippen LogP contribution < -0.4 is 37.8 Å². The van der Waals surface area contributed by atoms with Crippen molar-refractivity contribution in [3.63, 3.8) is 0 Å². The van der Waals surface area contributed by atoms with E-state index in [9.17, 15) is 14.4 Å². The van der Waals surface area contributed by atoms with Gasteiger partial charge in [-0.05, 0) is 9.64 Å². The van der Waals surface area contributed by atoms with Gasteiger partial charge in [-0.2, -0.15) is 0 Å². The zero-order chi connectivity index (χ0) is 41.2. The second-order valence-electron chi connectivity index (χ2n) is 16.0. The Morgan fingerprint density at radius 2 is 0.722 bits per heavy atom. The molecule has 0 amide bonds. The molecule has 0 bridgehead atoms. The lowest BCUT2D eigenvalue weighted by Gasteiger charge is -2.35. The van der Waals surface area contributed by atoms with Gasteiger partial charge in [0.1, 0.15) is 32.3 Å². The monoisotopic (exact) mass is 847 g/mol. The van der Waals surface area contributed by atoms with Crippen molar-refractivity contribution in [3.8, 4) is 0 Å². The zero-order valence-electron chi connectivity index (χ0n) is 35.0. The number of aromatic nitrogens is 3. The van der Waals surface area contributed by atoms with Gasteiger partial charge >= 0.3 is 34.7 Å². The van der Waals surface area contributed by atoms with Gasteiger partial charge in [-0.15, -0.1) is 13.2 Å². The van der Waals surface area contributed by atoms with E-state index >= 15 is 0 Å². The minimum absolute atomic E-state index is 0.216. The Kier molecular flexibility index (Phi) is 14.3. The van der Waals surface area contributed by atoms with Crippen LogP contribution in [-0.2, 0) is 45.9 Å². The second kappa shape index (κ2) is 16.9. The molecule has 298 valence electrons. The molecule has 2 aromatic carbocycles. The van der Waals surface area contributed by atoms with Gasteiger partial charge in [-0.1, -0.05) is 122 Å². The maximum atomic E-state index is 14.1. The summed E-state index contributed by atoms with van der Waals surface area (Å²) in [7, 11) is -4.69. The van der Waals surface area contributed by atoms with Crippen LogP contribution in [0.25, 0.3) is 0 Å². The zero-order valence-corrected chi connectivity index (χ0v) is 41.0. The summed E-state index contributed by atoms with van der Waals surface area (Å²) >= 11 is 0. The lowest BCUT2D eigenvalue weighted by atomic mass is 10.4. The minimum Gasteiger partial charge on any atom is -0.374 e. The first kappa shape index (κ1) is 45.8. The topological polar surface area (TPSA) is 121 Å². The first-order valence-corrected chi connectivity index (χ1v) is 33.6. The fraction of sp³-hybridized carbons (Fsp3) is 0.472.